The molecule has 0 spiro atoms. The molecule has 2 rings (SSSR count). The van der Waals surface area contributed by atoms with Crippen LogP contribution in [-0.4, -0.2) is 35.2 Å². The van der Waals surface area contributed by atoms with Crippen molar-refractivity contribution in [2.24, 2.45) is 0 Å². The van der Waals surface area contributed by atoms with Crippen LogP contribution in [0.5, 0.6) is 0 Å². The number of H-pyrrole nitrogens is 1. The highest BCUT2D eigenvalue weighted by Crippen LogP contribution is 2.33. The molecule has 1 fully saturated rings. The van der Waals surface area contributed by atoms with E-state index >= 15 is 0 Å². The van der Waals surface area contributed by atoms with Crippen LogP contribution in [0.1, 0.15) is 25.0 Å². The largest absolute Gasteiger partial charge is 0.480 e. The number of hydrogen-bond donors (Lipinski definition) is 3. The van der Waals surface area contributed by atoms with Crippen molar-refractivity contribution in [2.75, 3.05) is 0 Å². The summed E-state index contributed by atoms with van der Waals surface area (Å²) in [7, 11) is -3.84. The molecular weight excluding hydrogens is 246 g/mol. The van der Waals surface area contributed by atoms with E-state index < -0.39 is 21.5 Å². The van der Waals surface area contributed by atoms with Gasteiger partial charge < -0.3 is 5.11 Å². The SMILES string of the molecule is Cc1[nH]ncc1S(=O)(=O)NC1(C(=O)O)CCC1. The predicted molar refractivity (Wildman–Crippen MR) is 57.9 cm³/mol. The number of nitrogens with zero attached hydrogens (tertiary/aromatic N) is 1. The third-order valence-electron chi connectivity index (χ3n) is 3.02. The van der Waals surface area contributed by atoms with Crippen LogP contribution < -0.4 is 4.72 Å². The van der Waals surface area contributed by atoms with Crippen molar-refractivity contribution in [2.45, 2.75) is 36.6 Å². The number of carboxylic acids is 1. The van der Waals surface area contributed by atoms with Crippen LogP contribution in [0, 0.1) is 6.92 Å². The Morgan fingerprint density at radius 3 is 2.59 bits per heavy atom. The van der Waals surface area contributed by atoms with Crippen LogP contribution in [0.25, 0.3) is 0 Å². The van der Waals surface area contributed by atoms with Gasteiger partial charge >= 0.3 is 5.97 Å². The maximum absolute atomic E-state index is 12.0. The molecule has 94 valence electrons. The highest BCUT2D eigenvalue weighted by atomic mass is 32.2. The number of carboxylic acid groups (broad SMARTS) is 1. The molecule has 0 atom stereocenters. The third kappa shape index (κ3) is 1.93. The van der Waals surface area contributed by atoms with Gasteiger partial charge in [-0.2, -0.15) is 9.82 Å². The zero-order valence-corrected chi connectivity index (χ0v) is 10.0. The van der Waals surface area contributed by atoms with Crippen LogP contribution in [0.2, 0.25) is 0 Å². The van der Waals surface area contributed by atoms with Crippen molar-refractivity contribution in [1.82, 2.24) is 14.9 Å². The number of aromatic amines is 1. The van der Waals surface area contributed by atoms with Crippen molar-refractivity contribution in [1.29, 1.82) is 0 Å². The number of hydrogen-bond acceptors (Lipinski definition) is 4. The lowest BCUT2D eigenvalue weighted by molar-refractivity contribution is -0.147. The summed E-state index contributed by atoms with van der Waals surface area (Å²) in [6.07, 6.45) is 2.52. The maximum atomic E-state index is 12.0. The first-order valence-electron chi connectivity index (χ1n) is 5.15. The Morgan fingerprint density at radius 2 is 2.24 bits per heavy atom. The maximum Gasteiger partial charge on any atom is 0.324 e. The number of nitrogens with one attached hydrogen (secondary N) is 2. The van der Waals surface area contributed by atoms with Gasteiger partial charge in [0.2, 0.25) is 10.0 Å². The number of rotatable bonds is 4. The molecule has 0 saturated heterocycles. The van der Waals surface area contributed by atoms with Gasteiger partial charge in [0.1, 0.15) is 10.4 Å². The van der Waals surface area contributed by atoms with E-state index in [0.717, 1.165) is 0 Å². The van der Waals surface area contributed by atoms with Crippen LogP contribution >= 0.6 is 0 Å². The van der Waals surface area contributed by atoms with Gasteiger partial charge in [-0.1, -0.05) is 0 Å². The molecule has 1 aliphatic carbocycles. The van der Waals surface area contributed by atoms with Crippen LogP contribution in [0.3, 0.4) is 0 Å². The lowest BCUT2D eigenvalue weighted by atomic mass is 9.78. The number of sulfonamides is 1. The van der Waals surface area contributed by atoms with Gasteiger partial charge in [0, 0.05) is 0 Å². The first kappa shape index (κ1) is 12.1. The molecule has 1 saturated carbocycles. The third-order valence-corrected chi connectivity index (χ3v) is 4.67. The van der Waals surface area contributed by atoms with E-state index in [0.29, 0.717) is 25.0 Å². The van der Waals surface area contributed by atoms with Gasteiger partial charge in [0.15, 0.2) is 0 Å². The van der Waals surface area contributed by atoms with E-state index in [-0.39, 0.29) is 4.90 Å². The minimum absolute atomic E-state index is 0.00924. The summed E-state index contributed by atoms with van der Waals surface area (Å²) in [5.41, 5.74) is -0.958. The average molecular weight is 259 g/mol. The molecule has 0 aliphatic heterocycles. The Balaban J connectivity index is 2.30. The zero-order valence-electron chi connectivity index (χ0n) is 9.23. The van der Waals surface area contributed by atoms with Gasteiger partial charge in [0.25, 0.3) is 0 Å². The molecule has 0 aromatic carbocycles. The monoisotopic (exact) mass is 259 g/mol. The molecule has 17 heavy (non-hydrogen) atoms. The standard InChI is InChI=1S/C9H13N3O4S/c1-6-7(5-10-11-6)17(15,16)12-9(8(13)14)3-2-4-9/h5,12H,2-4H2,1H3,(H,10,11)(H,13,14). The quantitative estimate of drug-likeness (QED) is 0.704. The fraction of sp³-hybridized carbons (Fsp3) is 0.556. The summed E-state index contributed by atoms with van der Waals surface area (Å²) in [4.78, 5) is 11.1. The van der Waals surface area contributed by atoms with Crippen molar-refractivity contribution in [3.63, 3.8) is 0 Å². The second kappa shape index (κ2) is 3.81. The molecule has 8 heteroatoms. The normalized spacial score (nSPS) is 18.6. The minimum Gasteiger partial charge on any atom is -0.480 e. The van der Waals surface area contributed by atoms with Gasteiger partial charge in [-0.25, -0.2) is 8.42 Å². The molecule has 0 bridgehead atoms. The first-order valence-corrected chi connectivity index (χ1v) is 6.63. The van der Waals surface area contributed by atoms with Gasteiger partial charge in [-0.15, -0.1) is 0 Å². The molecule has 0 unspecified atom stereocenters. The highest BCUT2D eigenvalue weighted by molar-refractivity contribution is 7.89. The number of aliphatic carboxylic acids is 1. The summed E-state index contributed by atoms with van der Waals surface area (Å²) in [5, 5.41) is 15.2. The molecule has 0 amide bonds. The molecule has 3 N–H and O–H groups in total. The van der Waals surface area contributed by atoms with E-state index in [1.165, 1.54) is 6.20 Å². The molecule has 1 aromatic heterocycles. The fourth-order valence-corrected chi connectivity index (χ4v) is 3.37. The van der Waals surface area contributed by atoms with Gasteiger partial charge in [-0.05, 0) is 26.2 Å². The smallest absolute Gasteiger partial charge is 0.324 e. The topological polar surface area (TPSA) is 112 Å². The van der Waals surface area contributed by atoms with Crippen molar-refractivity contribution in [3.8, 4) is 0 Å². The lowest BCUT2D eigenvalue weighted by Gasteiger charge is -2.37. The number of aromatic nitrogens is 2. The fourth-order valence-electron chi connectivity index (χ4n) is 1.81. The zero-order chi connectivity index (χ0) is 12.7. The van der Waals surface area contributed by atoms with Crippen LogP contribution in [0.4, 0.5) is 0 Å². The van der Waals surface area contributed by atoms with Gasteiger partial charge in [-0.3, -0.25) is 9.89 Å². The average Bonchev–Trinajstić information content (AvgIpc) is 2.58. The van der Waals surface area contributed by atoms with E-state index in [4.69, 9.17) is 5.11 Å². The van der Waals surface area contributed by atoms with Crippen molar-refractivity contribution >= 4 is 16.0 Å². The lowest BCUT2D eigenvalue weighted by Crippen LogP contribution is -2.58. The van der Waals surface area contributed by atoms with E-state index in [1.807, 2.05) is 0 Å². The Bertz CT molecular complexity index is 544. The Kier molecular flexibility index (Phi) is 2.70. The first-order chi connectivity index (χ1) is 7.87. The Morgan fingerprint density at radius 1 is 1.59 bits per heavy atom. The Hall–Kier alpha value is -1.41. The van der Waals surface area contributed by atoms with Crippen molar-refractivity contribution in [3.05, 3.63) is 11.9 Å². The molecule has 1 heterocycles. The van der Waals surface area contributed by atoms with E-state index in [9.17, 15) is 13.2 Å². The molecule has 1 aliphatic rings. The molecular formula is C9H13N3O4S. The number of aryl methyl sites for hydroxylation is 1. The second-order valence-corrected chi connectivity index (χ2v) is 5.86. The second-order valence-electron chi connectivity index (χ2n) is 4.21. The van der Waals surface area contributed by atoms with Crippen LogP contribution in [0.15, 0.2) is 11.1 Å². The van der Waals surface area contributed by atoms with Crippen molar-refractivity contribution < 1.29 is 18.3 Å². The molecule has 1 aromatic rings. The highest BCUT2D eigenvalue weighted by Gasteiger charge is 2.47. The van der Waals surface area contributed by atoms with E-state index in [2.05, 4.69) is 14.9 Å². The summed E-state index contributed by atoms with van der Waals surface area (Å²) < 4.78 is 26.2. The van der Waals surface area contributed by atoms with E-state index in [1.54, 1.807) is 6.92 Å². The molecule has 7 nitrogen and oxygen atoms in total. The van der Waals surface area contributed by atoms with Gasteiger partial charge in [0.05, 0.1) is 11.9 Å². The molecule has 0 radical (unpaired) electrons. The Labute approximate surface area is 98.3 Å². The van der Waals surface area contributed by atoms with Crippen LogP contribution in [-0.2, 0) is 14.8 Å². The predicted octanol–water partition coefficient (Wildman–Crippen LogP) is 0.00372. The summed E-state index contributed by atoms with van der Waals surface area (Å²) in [6.45, 7) is 1.57. The minimum atomic E-state index is -3.84. The number of carbonyl (C=O) groups is 1. The summed E-state index contributed by atoms with van der Waals surface area (Å²) in [6, 6.07) is 0. The summed E-state index contributed by atoms with van der Waals surface area (Å²) in [5.74, 6) is -1.13. The summed E-state index contributed by atoms with van der Waals surface area (Å²) >= 11 is 0.